The van der Waals surface area contributed by atoms with Gasteiger partial charge < -0.3 is 14.7 Å². The summed E-state index contributed by atoms with van der Waals surface area (Å²) < 4.78 is 6.05. The van der Waals surface area contributed by atoms with E-state index in [9.17, 15) is 9.90 Å². The highest BCUT2D eigenvalue weighted by atomic mass is 16.5. The summed E-state index contributed by atoms with van der Waals surface area (Å²) >= 11 is 0. The molecule has 1 saturated heterocycles. The van der Waals surface area contributed by atoms with Crippen molar-refractivity contribution >= 4 is 5.91 Å². The van der Waals surface area contributed by atoms with Gasteiger partial charge in [0.25, 0.3) is 0 Å². The average Bonchev–Trinajstić information content (AvgIpc) is 2.81. The van der Waals surface area contributed by atoms with Crippen LogP contribution in [0.25, 0.3) is 0 Å². The molecule has 0 aromatic heterocycles. The van der Waals surface area contributed by atoms with E-state index in [0.29, 0.717) is 37.3 Å². The number of hydrogen-bond donors (Lipinski definition) is 1. The Morgan fingerprint density at radius 1 is 1.38 bits per heavy atom. The van der Waals surface area contributed by atoms with Crippen molar-refractivity contribution in [3.63, 3.8) is 0 Å². The predicted octanol–water partition coefficient (Wildman–Crippen LogP) is 2.45. The van der Waals surface area contributed by atoms with Gasteiger partial charge in [0, 0.05) is 19.5 Å². The zero-order chi connectivity index (χ0) is 15.4. The lowest BCUT2D eigenvalue weighted by Crippen LogP contribution is -2.39. The van der Waals surface area contributed by atoms with Gasteiger partial charge in [0.1, 0.15) is 0 Å². The maximum Gasteiger partial charge on any atom is 0.222 e. The highest BCUT2D eigenvalue weighted by Crippen LogP contribution is 2.35. The molecule has 4 atom stereocenters. The first kappa shape index (κ1) is 16.8. The van der Waals surface area contributed by atoms with Crippen molar-refractivity contribution in [1.29, 1.82) is 0 Å². The highest BCUT2D eigenvalue weighted by Gasteiger charge is 2.32. The molecule has 2 rings (SSSR count). The predicted molar refractivity (Wildman–Crippen MR) is 82.9 cm³/mol. The van der Waals surface area contributed by atoms with Crippen LogP contribution in [0.15, 0.2) is 0 Å². The minimum absolute atomic E-state index is 0.167. The maximum absolute atomic E-state index is 11.6. The zero-order valence-electron chi connectivity index (χ0n) is 13.8. The van der Waals surface area contributed by atoms with Gasteiger partial charge >= 0.3 is 0 Å². The second-order valence-corrected chi connectivity index (χ2v) is 7.30. The first-order valence-electron chi connectivity index (χ1n) is 8.54. The van der Waals surface area contributed by atoms with Crippen LogP contribution in [0.4, 0.5) is 0 Å². The van der Waals surface area contributed by atoms with Gasteiger partial charge in [-0.05, 0) is 37.0 Å². The Kier molecular flexibility index (Phi) is 6.06. The SMILES string of the molecule is CC1CCC(C(C)C)C(OCC(O)CN2CCCC2=O)C1. The van der Waals surface area contributed by atoms with Crippen LogP contribution in [0.2, 0.25) is 0 Å². The molecule has 4 unspecified atom stereocenters. The van der Waals surface area contributed by atoms with Crippen molar-refractivity contribution in [3.05, 3.63) is 0 Å². The molecule has 1 heterocycles. The van der Waals surface area contributed by atoms with Crippen molar-refractivity contribution in [2.24, 2.45) is 17.8 Å². The van der Waals surface area contributed by atoms with Crippen LogP contribution in [0, 0.1) is 17.8 Å². The third kappa shape index (κ3) is 4.68. The Balaban J connectivity index is 1.78. The summed E-state index contributed by atoms with van der Waals surface area (Å²) in [6.45, 7) is 8.36. The molecule has 4 heteroatoms. The van der Waals surface area contributed by atoms with Gasteiger partial charge in [0.05, 0.1) is 18.8 Å². The van der Waals surface area contributed by atoms with Crippen LogP contribution in [-0.2, 0) is 9.53 Å². The molecule has 0 aromatic rings. The summed E-state index contributed by atoms with van der Waals surface area (Å²) in [5, 5.41) is 10.1. The van der Waals surface area contributed by atoms with E-state index in [-0.39, 0.29) is 12.0 Å². The van der Waals surface area contributed by atoms with Crippen molar-refractivity contribution in [3.8, 4) is 0 Å². The van der Waals surface area contributed by atoms with Gasteiger partial charge in [0.15, 0.2) is 0 Å². The summed E-state index contributed by atoms with van der Waals surface area (Å²) in [7, 11) is 0. The van der Waals surface area contributed by atoms with E-state index in [2.05, 4.69) is 20.8 Å². The molecule has 2 aliphatic rings. The molecule has 1 aliphatic heterocycles. The molecule has 21 heavy (non-hydrogen) atoms. The minimum atomic E-state index is -0.558. The standard InChI is InChI=1S/C17H31NO3/c1-12(2)15-7-6-13(3)9-16(15)21-11-14(19)10-18-8-4-5-17(18)20/h12-16,19H,4-11H2,1-3H3. The maximum atomic E-state index is 11.6. The molecule has 1 amide bonds. The summed E-state index contributed by atoms with van der Waals surface area (Å²) in [5.74, 6) is 2.10. The van der Waals surface area contributed by atoms with Gasteiger partial charge in [-0.2, -0.15) is 0 Å². The van der Waals surface area contributed by atoms with Crippen molar-refractivity contribution < 1.29 is 14.6 Å². The van der Waals surface area contributed by atoms with Gasteiger partial charge in [-0.3, -0.25) is 4.79 Å². The number of ether oxygens (including phenoxy) is 1. The number of β-amino-alcohol motifs (C(OH)–C–C–N with tert-alkyl or cyclic N) is 1. The summed E-state index contributed by atoms with van der Waals surface area (Å²) in [4.78, 5) is 13.3. The van der Waals surface area contributed by atoms with Crippen LogP contribution in [0.5, 0.6) is 0 Å². The number of likely N-dealkylation sites (tertiary alicyclic amines) is 1. The molecule has 4 nitrogen and oxygen atoms in total. The normalized spacial score (nSPS) is 32.0. The van der Waals surface area contributed by atoms with Crippen LogP contribution >= 0.6 is 0 Å². The lowest BCUT2D eigenvalue weighted by atomic mass is 9.75. The summed E-state index contributed by atoms with van der Waals surface area (Å²) in [5.41, 5.74) is 0. The molecule has 0 spiro atoms. The fraction of sp³-hybridized carbons (Fsp3) is 0.941. The molecule has 2 fully saturated rings. The van der Waals surface area contributed by atoms with E-state index in [1.54, 1.807) is 4.90 Å². The van der Waals surface area contributed by atoms with Crippen molar-refractivity contribution in [2.75, 3.05) is 19.7 Å². The Labute approximate surface area is 128 Å². The highest BCUT2D eigenvalue weighted by molar-refractivity contribution is 5.78. The Morgan fingerprint density at radius 2 is 2.14 bits per heavy atom. The summed E-state index contributed by atoms with van der Waals surface area (Å²) in [6.07, 6.45) is 4.86. The van der Waals surface area contributed by atoms with E-state index >= 15 is 0 Å². The number of amides is 1. The van der Waals surface area contributed by atoms with Crippen LogP contribution in [-0.4, -0.2) is 47.8 Å². The van der Waals surface area contributed by atoms with E-state index in [4.69, 9.17) is 4.74 Å². The number of carbonyl (C=O) groups is 1. The molecule has 0 bridgehead atoms. The second kappa shape index (κ2) is 7.59. The topological polar surface area (TPSA) is 49.8 Å². The first-order chi connectivity index (χ1) is 9.97. The molecule has 1 saturated carbocycles. The molecule has 0 radical (unpaired) electrons. The van der Waals surface area contributed by atoms with E-state index in [0.717, 1.165) is 19.4 Å². The molecule has 122 valence electrons. The number of hydrogen-bond acceptors (Lipinski definition) is 3. The number of carbonyl (C=O) groups excluding carboxylic acids is 1. The third-order valence-electron chi connectivity index (χ3n) is 5.07. The Hall–Kier alpha value is -0.610. The largest absolute Gasteiger partial charge is 0.389 e. The lowest BCUT2D eigenvalue weighted by molar-refractivity contribution is -0.130. The summed E-state index contributed by atoms with van der Waals surface area (Å²) in [6, 6.07) is 0. The molecular weight excluding hydrogens is 266 g/mol. The van der Waals surface area contributed by atoms with Crippen LogP contribution in [0.3, 0.4) is 0 Å². The van der Waals surface area contributed by atoms with Crippen LogP contribution in [0.1, 0.15) is 52.9 Å². The Morgan fingerprint density at radius 3 is 2.76 bits per heavy atom. The van der Waals surface area contributed by atoms with Gasteiger partial charge in [0.2, 0.25) is 5.91 Å². The van der Waals surface area contributed by atoms with E-state index in [1.165, 1.54) is 12.8 Å². The quantitative estimate of drug-likeness (QED) is 0.819. The fourth-order valence-electron chi connectivity index (χ4n) is 3.75. The van der Waals surface area contributed by atoms with Crippen molar-refractivity contribution in [1.82, 2.24) is 4.90 Å². The zero-order valence-corrected chi connectivity index (χ0v) is 13.8. The first-order valence-corrected chi connectivity index (χ1v) is 8.54. The van der Waals surface area contributed by atoms with E-state index < -0.39 is 6.10 Å². The van der Waals surface area contributed by atoms with Crippen molar-refractivity contribution in [2.45, 2.75) is 65.1 Å². The fourth-order valence-corrected chi connectivity index (χ4v) is 3.75. The van der Waals surface area contributed by atoms with Crippen LogP contribution < -0.4 is 0 Å². The number of nitrogens with zero attached hydrogens (tertiary/aromatic N) is 1. The smallest absolute Gasteiger partial charge is 0.222 e. The van der Waals surface area contributed by atoms with Gasteiger partial charge in [-0.15, -0.1) is 0 Å². The number of aliphatic hydroxyl groups is 1. The van der Waals surface area contributed by atoms with Gasteiger partial charge in [-0.25, -0.2) is 0 Å². The molecule has 0 aromatic carbocycles. The second-order valence-electron chi connectivity index (χ2n) is 7.30. The molecular formula is C17H31NO3. The molecule has 1 N–H and O–H groups in total. The Bertz CT molecular complexity index is 345. The third-order valence-corrected chi connectivity index (χ3v) is 5.07. The minimum Gasteiger partial charge on any atom is -0.389 e. The average molecular weight is 297 g/mol. The number of rotatable bonds is 6. The van der Waals surface area contributed by atoms with Gasteiger partial charge in [-0.1, -0.05) is 27.2 Å². The molecule has 1 aliphatic carbocycles. The van der Waals surface area contributed by atoms with E-state index in [1.807, 2.05) is 0 Å². The number of aliphatic hydroxyl groups excluding tert-OH is 1. The monoisotopic (exact) mass is 297 g/mol. The lowest BCUT2D eigenvalue weighted by Gasteiger charge is -2.37.